The van der Waals surface area contributed by atoms with Crippen LogP contribution in [0.1, 0.15) is 40.0 Å². The van der Waals surface area contributed by atoms with Crippen molar-refractivity contribution in [1.29, 1.82) is 0 Å². The van der Waals surface area contributed by atoms with Crippen LogP contribution in [-0.4, -0.2) is 27.7 Å². The number of hydrogen-bond donors (Lipinski definition) is 1. The van der Waals surface area contributed by atoms with Crippen molar-refractivity contribution in [2.24, 2.45) is 7.05 Å². The third-order valence-electron chi connectivity index (χ3n) is 5.72. The maximum atomic E-state index is 13.0. The quantitative estimate of drug-likeness (QED) is 0.405. The third-order valence-corrected chi connectivity index (χ3v) is 5.72. The summed E-state index contributed by atoms with van der Waals surface area (Å²) in [5, 5.41) is 7.06. The summed E-state index contributed by atoms with van der Waals surface area (Å²) in [4.78, 5) is 17.5. The molecule has 0 aliphatic heterocycles. The molecule has 0 saturated heterocycles. The van der Waals surface area contributed by atoms with Gasteiger partial charge >= 0.3 is 0 Å². The summed E-state index contributed by atoms with van der Waals surface area (Å²) in [6.45, 7) is 4.13. The molecule has 0 bridgehead atoms. The van der Waals surface area contributed by atoms with Gasteiger partial charge in [0.25, 0.3) is 0 Å². The van der Waals surface area contributed by atoms with Crippen LogP contribution in [-0.2, 0) is 24.9 Å². The molecular formula is C26H28N4O4. The van der Waals surface area contributed by atoms with Crippen LogP contribution in [0.4, 0.5) is 0 Å². The monoisotopic (exact) mass is 460 g/mol. The molecule has 176 valence electrons. The first-order valence-corrected chi connectivity index (χ1v) is 11.0. The summed E-state index contributed by atoms with van der Waals surface area (Å²) in [6, 6.07) is 14.7. The molecule has 1 amide bonds. The molecule has 0 unspecified atom stereocenters. The minimum atomic E-state index is -0.443. The SMILES string of the molecule is COc1ccccc1[C@@H](NC(=O)Cc1ccc(OCc2c(C)noc2C)cc1)c1nccn1C. The second-order valence-electron chi connectivity index (χ2n) is 8.05. The van der Waals surface area contributed by atoms with Crippen molar-refractivity contribution in [1.82, 2.24) is 20.0 Å². The van der Waals surface area contributed by atoms with E-state index in [4.69, 9.17) is 14.0 Å². The number of rotatable bonds is 9. The van der Waals surface area contributed by atoms with Gasteiger partial charge in [-0.15, -0.1) is 0 Å². The van der Waals surface area contributed by atoms with E-state index in [1.165, 1.54) is 0 Å². The third kappa shape index (κ3) is 5.11. The van der Waals surface area contributed by atoms with E-state index in [2.05, 4.69) is 15.5 Å². The van der Waals surface area contributed by atoms with E-state index in [-0.39, 0.29) is 12.3 Å². The van der Waals surface area contributed by atoms with Gasteiger partial charge in [0.2, 0.25) is 5.91 Å². The van der Waals surface area contributed by atoms with E-state index in [9.17, 15) is 4.79 Å². The van der Waals surface area contributed by atoms with Crippen LogP contribution in [0.3, 0.4) is 0 Å². The van der Waals surface area contributed by atoms with Crippen molar-refractivity contribution in [3.05, 3.63) is 94.9 Å². The molecule has 0 spiro atoms. The first kappa shape index (κ1) is 23.1. The van der Waals surface area contributed by atoms with Gasteiger partial charge in [0, 0.05) is 25.0 Å². The molecular weight excluding hydrogens is 432 g/mol. The zero-order valence-electron chi connectivity index (χ0n) is 19.7. The summed E-state index contributed by atoms with van der Waals surface area (Å²) < 4.78 is 18.4. The number of benzene rings is 2. The van der Waals surface area contributed by atoms with E-state index < -0.39 is 6.04 Å². The average Bonchev–Trinajstić information content (AvgIpc) is 3.41. The van der Waals surface area contributed by atoms with Crippen LogP contribution in [0.5, 0.6) is 11.5 Å². The second kappa shape index (κ2) is 10.2. The lowest BCUT2D eigenvalue weighted by Gasteiger charge is -2.21. The predicted molar refractivity (Wildman–Crippen MR) is 127 cm³/mol. The Kier molecular flexibility index (Phi) is 6.96. The smallest absolute Gasteiger partial charge is 0.225 e. The second-order valence-corrected chi connectivity index (χ2v) is 8.05. The Labute approximate surface area is 198 Å². The Morgan fingerprint density at radius 1 is 1.15 bits per heavy atom. The lowest BCUT2D eigenvalue weighted by Crippen LogP contribution is -2.32. The molecule has 1 N–H and O–H groups in total. The molecule has 8 nitrogen and oxygen atoms in total. The normalized spacial score (nSPS) is 11.8. The number of ether oxygens (including phenoxy) is 2. The van der Waals surface area contributed by atoms with E-state index in [1.54, 1.807) is 13.3 Å². The van der Waals surface area contributed by atoms with E-state index in [0.29, 0.717) is 18.1 Å². The number of aryl methyl sites for hydroxylation is 3. The number of hydrogen-bond acceptors (Lipinski definition) is 6. The molecule has 0 radical (unpaired) electrons. The van der Waals surface area contributed by atoms with Crippen LogP contribution in [0.25, 0.3) is 0 Å². The van der Waals surface area contributed by atoms with E-state index >= 15 is 0 Å². The summed E-state index contributed by atoms with van der Waals surface area (Å²) in [5.74, 6) is 2.76. The molecule has 2 aromatic heterocycles. The first-order chi connectivity index (χ1) is 16.5. The average molecular weight is 461 g/mol. The summed E-state index contributed by atoms with van der Waals surface area (Å²) in [5.41, 5.74) is 3.49. The van der Waals surface area contributed by atoms with Crippen molar-refractivity contribution in [3.8, 4) is 11.5 Å². The Hall–Kier alpha value is -4.07. The van der Waals surface area contributed by atoms with Gasteiger partial charge < -0.3 is 23.9 Å². The van der Waals surface area contributed by atoms with Gasteiger partial charge in [-0.2, -0.15) is 0 Å². The number of nitrogens with one attached hydrogen (secondary N) is 1. The summed E-state index contributed by atoms with van der Waals surface area (Å²) >= 11 is 0. The highest BCUT2D eigenvalue weighted by Crippen LogP contribution is 2.29. The highest BCUT2D eigenvalue weighted by Gasteiger charge is 2.23. The van der Waals surface area contributed by atoms with Gasteiger partial charge in [0.05, 0.1) is 24.8 Å². The molecule has 34 heavy (non-hydrogen) atoms. The lowest BCUT2D eigenvalue weighted by molar-refractivity contribution is -0.121. The van der Waals surface area contributed by atoms with Gasteiger partial charge in [-0.25, -0.2) is 4.98 Å². The molecule has 0 saturated carbocycles. The number of para-hydroxylation sites is 1. The maximum Gasteiger partial charge on any atom is 0.225 e. The van der Waals surface area contributed by atoms with E-state index in [1.807, 2.05) is 80.2 Å². The number of imidazole rings is 1. The Morgan fingerprint density at radius 3 is 2.56 bits per heavy atom. The topological polar surface area (TPSA) is 91.4 Å². The highest BCUT2D eigenvalue weighted by molar-refractivity contribution is 5.79. The van der Waals surface area contributed by atoms with Gasteiger partial charge in [-0.3, -0.25) is 4.79 Å². The van der Waals surface area contributed by atoms with Gasteiger partial charge in [-0.1, -0.05) is 35.5 Å². The largest absolute Gasteiger partial charge is 0.496 e. The molecule has 8 heteroatoms. The van der Waals surface area contributed by atoms with Crippen LogP contribution in [0.15, 0.2) is 65.4 Å². The molecule has 1 atom stereocenters. The zero-order valence-corrected chi connectivity index (χ0v) is 19.7. The minimum Gasteiger partial charge on any atom is -0.496 e. The van der Waals surface area contributed by atoms with Crippen LogP contribution >= 0.6 is 0 Å². The van der Waals surface area contributed by atoms with Crippen LogP contribution < -0.4 is 14.8 Å². The van der Waals surface area contributed by atoms with Crippen molar-refractivity contribution < 1.29 is 18.8 Å². The van der Waals surface area contributed by atoms with Gasteiger partial charge in [0.15, 0.2) is 0 Å². The fourth-order valence-electron chi connectivity index (χ4n) is 3.81. The Morgan fingerprint density at radius 2 is 1.91 bits per heavy atom. The first-order valence-electron chi connectivity index (χ1n) is 11.0. The van der Waals surface area contributed by atoms with Crippen molar-refractivity contribution in [2.75, 3.05) is 7.11 Å². The van der Waals surface area contributed by atoms with Crippen molar-refractivity contribution >= 4 is 5.91 Å². The highest BCUT2D eigenvalue weighted by atomic mass is 16.5. The number of aromatic nitrogens is 3. The number of carbonyl (C=O) groups excluding carboxylic acids is 1. The van der Waals surface area contributed by atoms with Crippen molar-refractivity contribution in [3.63, 3.8) is 0 Å². The van der Waals surface area contributed by atoms with Crippen LogP contribution in [0, 0.1) is 13.8 Å². The van der Waals surface area contributed by atoms with Gasteiger partial charge in [-0.05, 0) is 37.6 Å². The van der Waals surface area contributed by atoms with Crippen LogP contribution in [0.2, 0.25) is 0 Å². The predicted octanol–water partition coefficient (Wildman–Crippen LogP) is 4.06. The van der Waals surface area contributed by atoms with Gasteiger partial charge in [0.1, 0.15) is 35.7 Å². The number of methoxy groups -OCH3 is 1. The summed E-state index contributed by atoms with van der Waals surface area (Å²) in [6.07, 6.45) is 3.79. The standard InChI is InChI=1S/C26H28N4O4/c1-17-22(18(2)34-29-17)16-33-20-11-9-19(10-12-20)15-24(31)28-25(26-27-13-14-30(26)3)21-7-5-6-8-23(21)32-4/h5-14,25H,15-16H2,1-4H3,(H,28,31)/t25-/m1/s1. The molecule has 4 rings (SSSR count). The Bertz CT molecular complexity index is 1240. The van der Waals surface area contributed by atoms with Crippen molar-refractivity contribution in [2.45, 2.75) is 32.9 Å². The fourth-order valence-corrected chi connectivity index (χ4v) is 3.81. The molecule has 4 aromatic rings. The maximum absolute atomic E-state index is 13.0. The zero-order chi connectivity index (χ0) is 24.1. The Balaban J connectivity index is 1.44. The molecule has 0 aliphatic carbocycles. The molecule has 2 aromatic carbocycles. The number of amides is 1. The summed E-state index contributed by atoms with van der Waals surface area (Å²) in [7, 11) is 3.52. The molecule has 0 fully saturated rings. The molecule has 2 heterocycles. The van der Waals surface area contributed by atoms with E-state index in [0.717, 1.165) is 34.0 Å². The minimum absolute atomic E-state index is 0.122. The lowest BCUT2D eigenvalue weighted by atomic mass is 10.0. The molecule has 0 aliphatic rings. The fraction of sp³-hybridized carbons (Fsp3) is 0.269. The number of carbonyl (C=O) groups is 1. The number of nitrogens with zero attached hydrogens (tertiary/aromatic N) is 3.